The highest BCUT2D eigenvalue weighted by molar-refractivity contribution is 7.89. The summed E-state index contributed by atoms with van der Waals surface area (Å²) in [5.41, 5.74) is 1.36. The normalized spacial score (nSPS) is 12.3. The van der Waals surface area contributed by atoms with Crippen molar-refractivity contribution in [2.24, 2.45) is 0 Å². The zero-order valence-corrected chi connectivity index (χ0v) is 18.3. The third kappa shape index (κ3) is 4.84. The molecular weight excluding hydrogens is 417 g/mol. The maximum atomic E-state index is 13.3. The van der Waals surface area contributed by atoms with Crippen molar-refractivity contribution in [2.45, 2.75) is 45.7 Å². The summed E-state index contributed by atoms with van der Waals surface area (Å²) >= 11 is 0. The predicted molar refractivity (Wildman–Crippen MR) is 110 cm³/mol. The average molecular weight is 443 g/mol. The van der Waals surface area contributed by atoms with Crippen LogP contribution in [0.3, 0.4) is 0 Å². The SMILES string of the molecule is CCN(CC(=O)Nc1ccccc1C(F)(F)F)S(=O)(=O)c1c(C)c(C)cc(C)c1C. The van der Waals surface area contributed by atoms with Crippen LogP contribution in [0.1, 0.15) is 34.7 Å². The summed E-state index contributed by atoms with van der Waals surface area (Å²) in [6.45, 7) is 7.96. The number of carbonyl (C=O) groups excluding carboxylic acids is 1. The molecule has 0 heterocycles. The van der Waals surface area contributed by atoms with Crippen LogP contribution in [-0.4, -0.2) is 31.7 Å². The molecule has 0 radical (unpaired) electrons. The molecule has 0 aliphatic rings. The highest BCUT2D eigenvalue weighted by Gasteiger charge is 2.34. The van der Waals surface area contributed by atoms with E-state index in [1.807, 2.05) is 6.07 Å². The van der Waals surface area contributed by atoms with E-state index >= 15 is 0 Å². The summed E-state index contributed by atoms with van der Waals surface area (Å²) < 4.78 is 67.0. The minimum absolute atomic E-state index is 0.0114. The van der Waals surface area contributed by atoms with E-state index in [4.69, 9.17) is 0 Å². The van der Waals surface area contributed by atoms with Crippen molar-refractivity contribution in [3.05, 3.63) is 58.1 Å². The molecule has 0 aliphatic carbocycles. The van der Waals surface area contributed by atoms with Gasteiger partial charge >= 0.3 is 6.18 Å². The Bertz CT molecular complexity index is 1040. The molecule has 0 atom stereocenters. The molecule has 0 aromatic heterocycles. The lowest BCUT2D eigenvalue weighted by Crippen LogP contribution is -2.38. The van der Waals surface area contributed by atoms with Crippen molar-refractivity contribution in [1.82, 2.24) is 4.31 Å². The fourth-order valence-corrected chi connectivity index (χ4v) is 5.23. The molecule has 0 aliphatic heterocycles. The van der Waals surface area contributed by atoms with E-state index in [9.17, 15) is 26.4 Å². The lowest BCUT2D eigenvalue weighted by atomic mass is 10.0. The lowest BCUT2D eigenvalue weighted by molar-refractivity contribution is -0.137. The molecule has 1 N–H and O–H groups in total. The second-order valence-corrected chi connectivity index (χ2v) is 8.99. The van der Waals surface area contributed by atoms with E-state index in [1.54, 1.807) is 34.6 Å². The Kier molecular flexibility index (Phi) is 6.98. The second-order valence-electron chi connectivity index (χ2n) is 7.11. The van der Waals surface area contributed by atoms with Gasteiger partial charge in [-0.3, -0.25) is 4.79 Å². The molecule has 2 aromatic rings. The Hall–Kier alpha value is -2.39. The van der Waals surface area contributed by atoms with E-state index in [0.29, 0.717) is 11.1 Å². The molecule has 2 rings (SSSR count). The first-order chi connectivity index (χ1) is 13.8. The van der Waals surface area contributed by atoms with Crippen molar-refractivity contribution in [3.8, 4) is 0 Å². The molecule has 0 fully saturated rings. The van der Waals surface area contributed by atoms with E-state index in [2.05, 4.69) is 5.32 Å². The number of likely N-dealkylation sites (N-methyl/N-ethyl adjacent to an activating group) is 1. The van der Waals surface area contributed by atoms with Gasteiger partial charge in [-0.05, 0) is 62.1 Å². The number of para-hydroxylation sites is 1. The Labute approximate surface area is 175 Å². The van der Waals surface area contributed by atoms with Crippen LogP contribution >= 0.6 is 0 Å². The van der Waals surface area contributed by atoms with E-state index in [0.717, 1.165) is 27.6 Å². The number of rotatable bonds is 6. The van der Waals surface area contributed by atoms with Crippen LogP contribution in [0.15, 0.2) is 35.2 Å². The number of nitrogens with zero attached hydrogens (tertiary/aromatic N) is 1. The highest BCUT2D eigenvalue weighted by Crippen LogP contribution is 2.34. The monoisotopic (exact) mass is 442 g/mol. The van der Waals surface area contributed by atoms with Gasteiger partial charge in [-0.25, -0.2) is 8.42 Å². The quantitative estimate of drug-likeness (QED) is 0.712. The minimum atomic E-state index is -4.65. The Morgan fingerprint density at radius 1 is 1.03 bits per heavy atom. The van der Waals surface area contributed by atoms with Crippen LogP contribution in [0, 0.1) is 27.7 Å². The highest BCUT2D eigenvalue weighted by atomic mass is 32.2. The van der Waals surface area contributed by atoms with Gasteiger partial charge in [-0.2, -0.15) is 17.5 Å². The molecule has 0 unspecified atom stereocenters. The summed E-state index contributed by atoms with van der Waals surface area (Å²) in [6.07, 6.45) is -4.65. The van der Waals surface area contributed by atoms with E-state index < -0.39 is 39.9 Å². The number of amides is 1. The number of hydrogen-bond acceptors (Lipinski definition) is 3. The Morgan fingerprint density at radius 3 is 2.07 bits per heavy atom. The number of anilines is 1. The fourth-order valence-electron chi connectivity index (χ4n) is 3.25. The van der Waals surface area contributed by atoms with Crippen LogP contribution in [0.4, 0.5) is 18.9 Å². The number of hydrogen-bond donors (Lipinski definition) is 1. The zero-order valence-electron chi connectivity index (χ0n) is 17.5. The molecule has 9 heteroatoms. The standard InChI is InChI=1S/C21H25F3N2O3S/c1-6-26(30(28,29)20-15(4)13(2)11-14(3)16(20)5)12-19(27)25-18-10-8-7-9-17(18)21(22,23)24/h7-11H,6,12H2,1-5H3,(H,25,27). The number of nitrogens with one attached hydrogen (secondary N) is 1. The van der Waals surface area contributed by atoms with Crippen LogP contribution in [0.2, 0.25) is 0 Å². The maximum absolute atomic E-state index is 13.3. The molecule has 2 aromatic carbocycles. The van der Waals surface area contributed by atoms with Crippen LogP contribution < -0.4 is 5.32 Å². The van der Waals surface area contributed by atoms with Crippen LogP contribution in [0.25, 0.3) is 0 Å². The zero-order chi connectivity index (χ0) is 22.9. The first-order valence-corrected chi connectivity index (χ1v) is 10.8. The van der Waals surface area contributed by atoms with Crippen molar-refractivity contribution in [1.29, 1.82) is 0 Å². The van der Waals surface area contributed by atoms with Gasteiger partial charge in [0.05, 0.1) is 22.7 Å². The molecule has 30 heavy (non-hydrogen) atoms. The van der Waals surface area contributed by atoms with Gasteiger partial charge in [0, 0.05) is 6.54 Å². The number of sulfonamides is 1. The minimum Gasteiger partial charge on any atom is -0.324 e. The van der Waals surface area contributed by atoms with Crippen molar-refractivity contribution in [2.75, 3.05) is 18.4 Å². The molecule has 0 spiro atoms. The third-order valence-corrected chi connectivity index (χ3v) is 7.27. The molecule has 0 bridgehead atoms. The Balaban J connectivity index is 2.36. The number of carbonyl (C=O) groups is 1. The maximum Gasteiger partial charge on any atom is 0.418 e. The fraction of sp³-hybridized carbons (Fsp3) is 0.381. The van der Waals surface area contributed by atoms with E-state index in [-0.39, 0.29) is 11.4 Å². The third-order valence-electron chi connectivity index (χ3n) is 5.07. The van der Waals surface area contributed by atoms with Gasteiger partial charge in [0.15, 0.2) is 0 Å². The van der Waals surface area contributed by atoms with Gasteiger partial charge in [0.2, 0.25) is 15.9 Å². The number of benzene rings is 2. The topological polar surface area (TPSA) is 66.5 Å². The summed E-state index contributed by atoms with van der Waals surface area (Å²) in [6, 6.07) is 6.45. The van der Waals surface area contributed by atoms with Gasteiger partial charge in [-0.1, -0.05) is 25.1 Å². The van der Waals surface area contributed by atoms with Gasteiger partial charge in [-0.15, -0.1) is 0 Å². The predicted octanol–water partition coefficient (Wildman–Crippen LogP) is 4.59. The van der Waals surface area contributed by atoms with Crippen molar-refractivity contribution in [3.63, 3.8) is 0 Å². The number of halogens is 3. The summed E-state index contributed by atoms with van der Waals surface area (Å²) in [5.74, 6) is -0.850. The first-order valence-electron chi connectivity index (χ1n) is 9.34. The number of aryl methyl sites for hydroxylation is 2. The summed E-state index contributed by atoms with van der Waals surface area (Å²) in [4.78, 5) is 12.6. The smallest absolute Gasteiger partial charge is 0.324 e. The van der Waals surface area contributed by atoms with Crippen LogP contribution in [-0.2, 0) is 21.0 Å². The van der Waals surface area contributed by atoms with E-state index in [1.165, 1.54) is 12.1 Å². The average Bonchev–Trinajstić information content (AvgIpc) is 2.64. The molecule has 1 amide bonds. The van der Waals surface area contributed by atoms with Crippen molar-refractivity contribution < 1.29 is 26.4 Å². The molecular formula is C21H25F3N2O3S. The molecule has 164 valence electrons. The van der Waals surface area contributed by atoms with Gasteiger partial charge in [0.25, 0.3) is 0 Å². The summed E-state index contributed by atoms with van der Waals surface area (Å²) in [5, 5.41) is 2.19. The molecule has 5 nitrogen and oxygen atoms in total. The lowest BCUT2D eigenvalue weighted by Gasteiger charge is -2.24. The van der Waals surface area contributed by atoms with Gasteiger partial charge < -0.3 is 5.32 Å². The summed E-state index contributed by atoms with van der Waals surface area (Å²) in [7, 11) is -4.03. The largest absolute Gasteiger partial charge is 0.418 e. The number of alkyl halides is 3. The van der Waals surface area contributed by atoms with Crippen LogP contribution in [0.5, 0.6) is 0 Å². The molecule has 0 saturated heterocycles. The second kappa shape index (κ2) is 8.77. The van der Waals surface area contributed by atoms with Gasteiger partial charge in [0.1, 0.15) is 0 Å². The first kappa shape index (κ1) is 23.9. The Morgan fingerprint density at radius 2 is 1.57 bits per heavy atom. The molecule has 0 saturated carbocycles. The van der Waals surface area contributed by atoms with Crippen molar-refractivity contribution >= 4 is 21.6 Å².